The Hall–Kier alpha value is -1.08. The van der Waals surface area contributed by atoms with Crippen LogP contribution in [0, 0.1) is 11.8 Å². The number of carbonyl (C=O) groups excluding carboxylic acids is 1. The molecule has 0 saturated heterocycles. The summed E-state index contributed by atoms with van der Waals surface area (Å²) in [5.41, 5.74) is -0.193. The van der Waals surface area contributed by atoms with Gasteiger partial charge in [-0.2, -0.15) is 0 Å². The molecule has 1 rings (SSSR count). The van der Waals surface area contributed by atoms with E-state index in [2.05, 4.69) is 31.5 Å². The maximum Gasteiger partial charge on any atom is 0.237 e. The van der Waals surface area contributed by atoms with Gasteiger partial charge in [0.1, 0.15) is 5.60 Å². The van der Waals surface area contributed by atoms with Gasteiger partial charge in [0.25, 0.3) is 0 Å². The minimum absolute atomic E-state index is 0.280. The number of rotatable bonds is 3. The first-order valence-corrected chi connectivity index (χ1v) is 9.91. The molecule has 0 amide bonds. The lowest BCUT2D eigenvalue weighted by Crippen LogP contribution is -2.37. The second kappa shape index (κ2) is 5.92. The second-order valence-electron chi connectivity index (χ2n) is 5.78. The summed E-state index contributed by atoms with van der Waals surface area (Å²) in [4.78, 5) is 12.0. The van der Waals surface area contributed by atoms with Gasteiger partial charge in [0, 0.05) is 5.56 Å². The summed E-state index contributed by atoms with van der Waals surface area (Å²) in [6.45, 7) is 10.0. The van der Waals surface area contributed by atoms with Crippen molar-refractivity contribution in [2.45, 2.75) is 39.1 Å². The molecule has 0 saturated carbocycles. The van der Waals surface area contributed by atoms with Crippen molar-refractivity contribution in [3.63, 3.8) is 0 Å². The van der Waals surface area contributed by atoms with E-state index in [0.717, 1.165) is 0 Å². The summed E-state index contributed by atoms with van der Waals surface area (Å²) in [7, 11) is -1.69. The zero-order valence-corrected chi connectivity index (χ0v) is 13.8. The molecule has 0 N–H and O–H groups in total. The molecule has 0 aliphatic heterocycles. The van der Waals surface area contributed by atoms with Crippen LogP contribution in [0.5, 0.6) is 0 Å². The van der Waals surface area contributed by atoms with Gasteiger partial charge in [-0.25, -0.2) is 0 Å². The van der Waals surface area contributed by atoms with Crippen LogP contribution in [0.1, 0.15) is 24.2 Å². The molecule has 0 bridgehead atoms. The molecule has 0 heterocycles. The number of halogens is 1. The van der Waals surface area contributed by atoms with Crippen LogP contribution in [0.15, 0.2) is 24.3 Å². The zero-order valence-electron chi connectivity index (χ0n) is 12.0. The van der Waals surface area contributed by atoms with Gasteiger partial charge in [0.15, 0.2) is 8.32 Å². The minimum Gasteiger partial charge on any atom is -0.402 e. The molecule has 1 aromatic rings. The number of benzene rings is 1. The van der Waals surface area contributed by atoms with Gasteiger partial charge in [-0.1, -0.05) is 29.7 Å². The number of carbonyl (C=O) groups is 1. The average molecular weight is 295 g/mol. The van der Waals surface area contributed by atoms with Crippen LogP contribution in [0.25, 0.3) is 0 Å². The first-order valence-electron chi connectivity index (χ1n) is 6.13. The highest BCUT2D eigenvalue weighted by atomic mass is 35.5. The lowest BCUT2D eigenvalue weighted by atomic mass is 10.1. The standard InChI is InChI=1S/C15H19ClO2Si/c1-15(2,18-19(3,4)5)11-10-14(17)12-8-6-7-9-13(12)16/h6-9H,1-5H3. The fourth-order valence-corrected chi connectivity index (χ4v) is 3.51. The topological polar surface area (TPSA) is 26.3 Å². The molecule has 0 spiro atoms. The summed E-state index contributed by atoms with van der Waals surface area (Å²) in [6, 6.07) is 6.90. The maximum atomic E-state index is 12.0. The number of hydrogen-bond acceptors (Lipinski definition) is 2. The second-order valence-corrected chi connectivity index (χ2v) is 10.6. The Morgan fingerprint density at radius 1 is 1.26 bits per heavy atom. The van der Waals surface area contributed by atoms with E-state index in [9.17, 15) is 4.79 Å². The van der Waals surface area contributed by atoms with Crippen LogP contribution in [-0.4, -0.2) is 19.7 Å². The van der Waals surface area contributed by atoms with Gasteiger partial charge in [0.05, 0.1) is 5.02 Å². The Kier molecular flexibility index (Phi) is 4.97. The maximum absolute atomic E-state index is 12.0. The molecule has 0 radical (unpaired) electrons. The van der Waals surface area contributed by atoms with Gasteiger partial charge < -0.3 is 4.43 Å². The van der Waals surface area contributed by atoms with Crippen molar-refractivity contribution in [1.29, 1.82) is 0 Å². The van der Waals surface area contributed by atoms with Gasteiger partial charge >= 0.3 is 0 Å². The van der Waals surface area contributed by atoms with Gasteiger partial charge in [0.2, 0.25) is 5.78 Å². The van der Waals surface area contributed by atoms with Crippen molar-refractivity contribution in [2.75, 3.05) is 0 Å². The Bertz CT molecular complexity index is 533. The van der Waals surface area contributed by atoms with Crippen LogP contribution in [-0.2, 0) is 4.43 Å². The molecule has 0 aliphatic carbocycles. The van der Waals surface area contributed by atoms with Crippen LogP contribution < -0.4 is 0 Å². The molecule has 19 heavy (non-hydrogen) atoms. The fraction of sp³-hybridized carbons (Fsp3) is 0.400. The van der Waals surface area contributed by atoms with Gasteiger partial charge in [-0.15, -0.1) is 0 Å². The van der Waals surface area contributed by atoms with Crippen molar-refractivity contribution in [3.8, 4) is 11.8 Å². The molecular formula is C15H19ClO2Si. The van der Waals surface area contributed by atoms with Gasteiger partial charge in [-0.3, -0.25) is 4.79 Å². The lowest BCUT2D eigenvalue weighted by molar-refractivity contribution is 0.105. The Balaban J connectivity index is 2.89. The third-order valence-electron chi connectivity index (χ3n) is 2.16. The molecule has 0 unspecified atom stereocenters. The monoisotopic (exact) mass is 294 g/mol. The molecule has 0 atom stereocenters. The number of Topliss-reactive ketones (excluding diaryl/α,β-unsaturated/α-hetero) is 1. The van der Waals surface area contributed by atoms with E-state index in [4.69, 9.17) is 16.0 Å². The minimum atomic E-state index is -1.69. The predicted octanol–water partition coefficient (Wildman–Crippen LogP) is 4.16. The molecule has 0 aromatic heterocycles. The molecule has 1 aromatic carbocycles. The van der Waals surface area contributed by atoms with E-state index in [-0.39, 0.29) is 5.78 Å². The highest BCUT2D eigenvalue weighted by molar-refractivity contribution is 6.69. The first kappa shape index (κ1) is 16.0. The fourth-order valence-electron chi connectivity index (χ4n) is 1.71. The normalized spacial score (nSPS) is 11.7. The number of hydrogen-bond donors (Lipinski definition) is 0. The van der Waals surface area contributed by atoms with Crippen molar-refractivity contribution in [3.05, 3.63) is 34.9 Å². The first-order chi connectivity index (χ1) is 8.61. The quantitative estimate of drug-likeness (QED) is 0.362. The summed E-state index contributed by atoms with van der Waals surface area (Å²) in [6.07, 6.45) is 0. The number of ketones is 1. The van der Waals surface area contributed by atoms with E-state index >= 15 is 0 Å². The van der Waals surface area contributed by atoms with Crippen LogP contribution in [0.2, 0.25) is 24.7 Å². The molecule has 2 nitrogen and oxygen atoms in total. The predicted molar refractivity (Wildman–Crippen MR) is 82.1 cm³/mol. The van der Waals surface area contributed by atoms with E-state index < -0.39 is 13.9 Å². The summed E-state index contributed by atoms with van der Waals surface area (Å²) < 4.78 is 5.92. The molecule has 102 valence electrons. The van der Waals surface area contributed by atoms with Crippen molar-refractivity contribution >= 4 is 25.7 Å². The van der Waals surface area contributed by atoms with Crippen LogP contribution in [0.3, 0.4) is 0 Å². The summed E-state index contributed by atoms with van der Waals surface area (Å²) in [5.74, 6) is 5.24. The summed E-state index contributed by atoms with van der Waals surface area (Å²) in [5, 5.41) is 0.422. The largest absolute Gasteiger partial charge is 0.402 e. The van der Waals surface area contributed by atoms with E-state index in [1.165, 1.54) is 0 Å². The Labute approximate surface area is 121 Å². The Morgan fingerprint density at radius 2 is 1.84 bits per heavy atom. The molecule has 4 heteroatoms. The highest BCUT2D eigenvalue weighted by Crippen LogP contribution is 2.17. The Morgan fingerprint density at radius 3 is 2.37 bits per heavy atom. The third kappa shape index (κ3) is 5.60. The van der Waals surface area contributed by atoms with Gasteiger partial charge in [-0.05, 0) is 51.5 Å². The average Bonchev–Trinajstić information content (AvgIpc) is 2.23. The SMILES string of the molecule is CC(C)(C#CC(=O)c1ccccc1Cl)O[Si](C)(C)C. The van der Waals surface area contributed by atoms with Crippen molar-refractivity contribution < 1.29 is 9.22 Å². The molecule has 0 fully saturated rings. The third-order valence-corrected chi connectivity index (χ3v) is 3.61. The van der Waals surface area contributed by atoms with E-state index in [1.54, 1.807) is 24.3 Å². The molecular weight excluding hydrogens is 276 g/mol. The summed E-state index contributed by atoms with van der Waals surface area (Å²) >= 11 is 5.96. The van der Waals surface area contributed by atoms with Crippen molar-refractivity contribution in [1.82, 2.24) is 0 Å². The zero-order chi connectivity index (χ0) is 14.7. The van der Waals surface area contributed by atoms with Crippen molar-refractivity contribution in [2.24, 2.45) is 0 Å². The van der Waals surface area contributed by atoms with E-state index in [0.29, 0.717) is 10.6 Å². The highest BCUT2D eigenvalue weighted by Gasteiger charge is 2.25. The lowest BCUT2D eigenvalue weighted by Gasteiger charge is -2.28. The van der Waals surface area contributed by atoms with Crippen LogP contribution >= 0.6 is 11.6 Å². The van der Waals surface area contributed by atoms with Crippen LogP contribution in [0.4, 0.5) is 0 Å². The van der Waals surface area contributed by atoms with E-state index in [1.807, 2.05) is 13.8 Å². The smallest absolute Gasteiger partial charge is 0.237 e. The molecule has 0 aliphatic rings.